The maximum atomic E-state index is 10.3. The number of hydrogen-bond donors (Lipinski definition) is 1. The van der Waals surface area contributed by atoms with Gasteiger partial charge in [0, 0.05) is 17.5 Å². The van der Waals surface area contributed by atoms with Crippen LogP contribution in [0.15, 0.2) is 36.7 Å². The lowest BCUT2D eigenvalue weighted by Crippen LogP contribution is -2.08. The van der Waals surface area contributed by atoms with Crippen LogP contribution in [0.3, 0.4) is 0 Å². The Morgan fingerprint density at radius 1 is 1.21 bits per heavy atom. The van der Waals surface area contributed by atoms with Crippen LogP contribution in [-0.4, -0.2) is 21.2 Å². The standard InChI is InChI=1S/C15H18N2O2/c1-10(2)19-13-7-12(8-16-9-13)15(18)14-6-4-5-11(3)17-14/h4-10,15,18H,1-3H3. The van der Waals surface area contributed by atoms with Gasteiger partial charge in [0.25, 0.3) is 0 Å². The van der Waals surface area contributed by atoms with Gasteiger partial charge in [-0.2, -0.15) is 0 Å². The van der Waals surface area contributed by atoms with Gasteiger partial charge in [-0.05, 0) is 39.0 Å². The molecular formula is C15H18N2O2. The third kappa shape index (κ3) is 3.51. The number of aliphatic hydroxyl groups excluding tert-OH is 1. The molecule has 1 atom stereocenters. The van der Waals surface area contributed by atoms with E-state index in [2.05, 4.69) is 9.97 Å². The number of pyridine rings is 2. The highest BCUT2D eigenvalue weighted by Crippen LogP contribution is 2.23. The molecule has 0 aromatic carbocycles. The minimum absolute atomic E-state index is 0.0753. The van der Waals surface area contributed by atoms with Gasteiger partial charge in [0.05, 0.1) is 18.0 Å². The SMILES string of the molecule is Cc1cccc(C(O)c2cncc(OC(C)C)c2)n1. The number of hydrogen-bond acceptors (Lipinski definition) is 4. The molecule has 4 heteroatoms. The molecule has 2 heterocycles. The number of aromatic nitrogens is 2. The molecule has 1 unspecified atom stereocenters. The largest absolute Gasteiger partial charge is 0.489 e. The molecule has 0 aliphatic carbocycles. The van der Waals surface area contributed by atoms with Gasteiger partial charge in [-0.25, -0.2) is 0 Å². The van der Waals surface area contributed by atoms with E-state index in [4.69, 9.17) is 4.74 Å². The van der Waals surface area contributed by atoms with E-state index in [-0.39, 0.29) is 6.10 Å². The van der Waals surface area contributed by atoms with E-state index in [1.54, 1.807) is 24.5 Å². The van der Waals surface area contributed by atoms with Crippen LogP contribution >= 0.6 is 0 Å². The Kier molecular flexibility index (Phi) is 4.12. The van der Waals surface area contributed by atoms with E-state index in [0.717, 1.165) is 5.69 Å². The maximum Gasteiger partial charge on any atom is 0.138 e. The molecule has 2 aromatic heterocycles. The number of aryl methyl sites for hydroxylation is 1. The molecule has 0 fully saturated rings. The van der Waals surface area contributed by atoms with Gasteiger partial charge in [-0.3, -0.25) is 9.97 Å². The normalized spacial score (nSPS) is 12.5. The van der Waals surface area contributed by atoms with Crippen molar-refractivity contribution in [2.75, 3.05) is 0 Å². The zero-order valence-electron chi connectivity index (χ0n) is 11.4. The highest BCUT2D eigenvalue weighted by molar-refractivity contribution is 5.30. The number of ether oxygens (including phenoxy) is 1. The van der Waals surface area contributed by atoms with Crippen molar-refractivity contribution >= 4 is 0 Å². The van der Waals surface area contributed by atoms with Crippen LogP contribution in [-0.2, 0) is 0 Å². The Balaban J connectivity index is 2.26. The highest BCUT2D eigenvalue weighted by Gasteiger charge is 2.13. The van der Waals surface area contributed by atoms with Crippen molar-refractivity contribution < 1.29 is 9.84 Å². The van der Waals surface area contributed by atoms with E-state index in [1.807, 2.05) is 32.9 Å². The summed E-state index contributed by atoms with van der Waals surface area (Å²) in [6, 6.07) is 7.37. The Hall–Kier alpha value is -1.94. The molecule has 0 saturated carbocycles. The zero-order valence-corrected chi connectivity index (χ0v) is 11.4. The summed E-state index contributed by atoms with van der Waals surface area (Å²) in [4.78, 5) is 8.42. The molecule has 100 valence electrons. The quantitative estimate of drug-likeness (QED) is 0.916. The molecule has 0 spiro atoms. The molecule has 0 amide bonds. The van der Waals surface area contributed by atoms with Gasteiger partial charge in [0.1, 0.15) is 11.9 Å². The third-order valence-electron chi connectivity index (χ3n) is 2.61. The molecule has 0 radical (unpaired) electrons. The highest BCUT2D eigenvalue weighted by atomic mass is 16.5. The smallest absolute Gasteiger partial charge is 0.138 e. The summed E-state index contributed by atoms with van der Waals surface area (Å²) in [7, 11) is 0. The summed E-state index contributed by atoms with van der Waals surface area (Å²) < 4.78 is 5.57. The van der Waals surface area contributed by atoms with Crippen LogP contribution in [0.25, 0.3) is 0 Å². The van der Waals surface area contributed by atoms with E-state index in [1.165, 1.54) is 0 Å². The van der Waals surface area contributed by atoms with Gasteiger partial charge in [-0.15, -0.1) is 0 Å². The number of aliphatic hydroxyl groups is 1. The summed E-state index contributed by atoms with van der Waals surface area (Å²) in [5, 5.41) is 10.3. The molecule has 0 aliphatic rings. The Bertz CT molecular complexity index is 555. The maximum absolute atomic E-state index is 10.3. The van der Waals surface area contributed by atoms with Gasteiger partial charge in [0.15, 0.2) is 0 Å². The predicted molar refractivity (Wildman–Crippen MR) is 73.0 cm³/mol. The van der Waals surface area contributed by atoms with Gasteiger partial charge < -0.3 is 9.84 Å². The molecule has 19 heavy (non-hydrogen) atoms. The van der Waals surface area contributed by atoms with Crippen molar-refractivity contribution in [1.82, 2.24) is 9.97 Å². The Labute approximate surface area is 113 Å². The second-order valence-electron chi connectivity index (χ2n) is 4.73. The van der Waals surface area contributed by atoms with Crippen LogP contribution < -0.4 is 4.74 Å². The lowest BCUT2D eigenvalue weighted by molar-refractivity contribution is 0.211. The lowest BCUT2D eigenvalue weighted by Gasteiger charge is -2.13. The van der Waals surface area contributed by atoms with E-state index in [9.17, 15) is 5.11 Å². The van der Waals surface area contributed by atoms with Crippen molar-refractivity contribution in [1.29, 1.82) is 0 Å². The molecule has 4 nitrogen and oxygen atoms in total. The molecule has 1 N–H and O–H groups in total. The predicted octanol–water partition coefficient (Wildman–Crippen LogP) is 2.65. The van der Waals surface area contributed by atoms with E-state index < -0.39 is 6.10 Å². The summed E-state index contributed by atoms with van der Waals surface area (Å²) >= 11 is 0. The Morgan fingerprint density at radius 2 is 2.00 bits per heavy atom. The summed E-state index contributed by atoms with van der Waals surface area (Å²) in [5.41, 5.74) is 2.17. The summed E-state index contributed by atoms with van der Waals surface area (Å²) in [6.07, 6.45) is 2.55. The van der Waals surface area contributed by atoms with Crippen LogP contribution in [0.1, 0.15) is 36.9 Å². The van der Waals surface area contributed by atoms with Crippen molar-refractivity contribution in [3.8, 4) is 5.75 Å². The van der Waals surface area contributed by atoms with E-state index in [0.29, 0.717) is 17.0 Å². The fourth-order valence-corrected chi connectivity index (χ4v) is 1.81. The van der Waals surface area contributed by atoms with Crippen molar-refractivity contribution in [2.45, 2.75) is 33.0 Å². The van der Waals surface area contributed by atoms with Crippen LogP contribution in [0.4, 0.5) is 0 Å². The molecule has 0 saturated heterocycles. The number of nitrogens with zero attached hydrogens (tertiary/aromatic N) is 2. The van der Waals surface area contributed by atoms with Crippen LogP contribution in [0.2, 0.25) is 0 Å². The molecule has 2 aromatic rings. The molecule has 2 rings (SSSR count). The molecule has 0 aliphatic heterocycles. The average Bonchev–Trinajstić information content (AvgIpc) is 2.37. The third-order valence-corrected chi connectivity index (χ3v) is 2.61. The lowest BCUT2D eigenvalue weighted by atomic mass is 10.1. The van der Waals surface area contributed by atoms with Gasteiger partial charge in [0.2, 0.25) is 0 Å². The molecule has 0 bridgehead atoms. The van der Waals surface area contributed by atoms with Gasteiger partial charge >= 0.3 is 0 Å². The Morgan fingerprint density at radius 3 is 2.68 bits per heavy atom. The van der Waals surface area contributed by atoms with Crippen molar-refractivity contribution in [3.05, 3.63) is 53.6 Å². The average molecular weight is 258 g/mol. The topological polar surface area (TPSA) is 55.2 Å². The van der Waals surface area contributed by atoms with Crippen LogP contribution in [0.5, 0.6) is 5.75 Å². The second kappa shape index (κ2) is 5.80. The van der Waals surface area contributed by atoms with Gasteiger partial charge in [-0.1, -0.05) is 6.07 Å². The molecular weight excluding hydrogens is 240 g/mol. The summed E-state index contributed by atoms with van der Waals surface area (Å²) in [6.45, 7) is 5.79. The number of rotatable bonds is 4. The summed E-state index contributed by atoms with van der Waals surface area (Å²) in [5.74, 6) is 0.652. The van der Waals surface area contributed by atoms with Crippen LogP contribution in [0, 0.1) is 6.92 Å². The fraction of sp³-hybridized carbons (Fsp3) is 0.333. The minimum atomic E-state index is -0.789. The first-order chi connectivity index (χ1) is 9.06. The first-order valence-corrected chi connectivity index (χ1v) is 6.29. The first-order valence-electron chi connectivity index (χ1n) is 6.29. The zero-order chi connectivity index (χ0) is 13.8. The van der Waals surface area contributed by atoms with E-state index >= 15 is 0 Å². The first kappa shape index (κ1) is 13.5. The fourth-order valence-electron chi connectivity index (χ4n) is 1.81. The minimum Gasteiger partial charge on any atom is -0.489 e. The monoisotopic (exact) mass is 258 g/mol. The van der Waals surface area contributed by atoms with Crippen molar-refractivity contribution in [3.63, 3.8) is 0 Å². The van der Waals surface area contributed by atoms with Crippen molar-refractivity contribution in [2.24, 2.45) is 0 Å². The second-order valence-corrected chi connectivity index (χ2v) is 4.73.